The van der Waals surface area contributed by atoms with Crippen LogP contribution in [-0.4, -0.2) is 119 Å². The summed E-state index contributed by atoms with van der Waals surface area (Å²) in [6.07, 6.45) is 3.07. The van der Waals surface area contributed by atoms with E-state index in [-0.39, 0.29) is 30.0 Å². The van der Waals surface area contributed by atoms with Crippen molar-refractivity contribution in [1.82, 2.24) is 30.1 Å². The van der Waals surface area contributed by atoms with E-state index >= 15 is 0 Å². The van der Waals surface area contributed by atoms with Crippen molar-refractivity contribution >= 4 is 86.7 Å². The van der Waals surface area contributed by atoms with Crippen LogP contribution in [0.15, 0.2) is 53.6 Å². The van der Waals surface area contributed by atoms with Crippen molar-refractivity contribution in [1.29, 1.82) is 0 Å². The van der Waals surface area contributed by atoms with Crippen molar-refractivity contribution < 1.29 is 33.4 Å². The molecular formula is C41H46ClN9O7S2. The zero-order valence-corrected chi connectivity index (χ0v) is 35.7. The fraction of sp³-hybridized carbons (Fsp3) is 0.415. The van der Waals surface area contributed by atoms with Crippen molar-refractivity contribution in [3.05, 3.63) is 81.1 Å². The number of ether oxygens (including phenoxy) is 2. The van der Waals surface area contributed by atoms with E-state index in [2.05, 4.69) is 35.8 Å². The number of hydrogen-bond donors (Lipinski definition) is 3. The normalized spacial score (nSPS) is 16.6. The lowest BCUT2D eigenvalue weighted by Gasteiger charge is -2.35. The molecule has 2 saturated heterocycles. The van der Waals surface area contributed by atoms with Gasteiger partial charge in [-0.2, -0.15) is 0 Å². The zero-order valence-electron chi connectivity index (χ0n) is 33.3. The summed E-state index contributed by atoms with van der Waals surface area (Å²) in [5, 5.41) is 9.39. The van der Waals surface area contributed by atoms with Crippen LogP contribution in [-0.2, 0) is 30.4 Å². The molecule has 2 aromatic heterocycles. The van der Waals surface area contributed by atoms with Crippen LogP contribution in [0.3, 0.4) is 0 Å². The smallest absolute Gasteiger partial charge is 0.267 e. The number of hydrogen-bond acceptors (Lipinski definition) is 14. The van der Waals surface area contributed by atoms with E-state index in [1.54, 1.807) is 28.8 Å². The van der Waals surface area contributed by atoms with Gasteiger partial charge in [0.05, 0.1) is 36.5 Å². The molecule has 1 unspecified atom stereocenters. The minimum atomic E-state index is -0.637. The molecule has 0 bridgehead atoms. The lowest BCUT2D eigenvalue weighted by atomic mass is 10.0. The summed E-state index contributed by atoms with van der Waals surface area (Å²) in [6, 6.07) is 12.2. The highest BCUT2D eigenvalue weighted by atomic mass is 35.5. The molecule has 7 rings (SSSR count). The number of anilines is 4. The number of benzene rings is 2. The average Bonchev–Trinajstić information content (AvgIpc) is 3.84. The summed E-state index contributed by atoms with van der Waals surface area (Å²) >= 11 is 9.09. The SMILES string of the molecule is Cc1nc(Nc2ncc(C(=O)Nc3c(C)cccc3Cl)s2)cc(N2CCN(C(=O)CCOCCCOCCSc3cccc4c3CN(C3CCC(=O)NC3=O)C4=O)CC2)n1. The lowest BCUT2D eigenvalue weighted by molar-refractivity contribution is -0.137. The second-order valence-electron chi connectivity index (χ2n) is 14.4. The Kier molecular flexibility index (Phi) is 14.3. The highest BCUT2D eigenvalue weighted by molar-refractivity contribution is 7.99. The van der Waals surface area contributed by atoms with Crippen LogP contribution in [0.25, 0.3) is 0 Å². The Bertz CT molecular complexity index is 2230. The highest BCUT2D eigenvalue weighted by Gasteiger charge is 2.39. The number of carbonyl (C=O) groups is 5. The van der Waals surface area contributed by atoms with E-state index in [1.807, 2.05) is 49.1 Å². The average molecular weight is 876 g/mol. The van der Waals surface area contributed by atoms with Gasteiger partial charge in [-0.3, -0.25) is 29.3 Å². The number of thioether (sulfide) groups is 1. The molecule has 19 heteroatoms. The summed E-state index contributed by atoms with van der Waals surface area (Å²) in [6.45, 7) is 8.27. The first-order chi connectivity index (χ1) is 29.0. The number of aromatic nitrogens is 3. The number of nitrogens with one attached hydrogen (secondary N) is 3. The number of imide groups is 1. The van der Waals surface area contributed by atoms with Gasteiger partial charge in [0, 0.05) is 74.6 Å². The summed E-state index contributed by atoms with van der Waals surface area (Å²) < 4.78 is 11.5. The van der Waals surface area contributed by atoms with Gasteiger partial charge in [0.15, 0.2) is 5.13 Å². The van der Waals surface area contributed by atoms with E-state index in [1.165, 1.54) is 17.5 Å². The van der Waals surface area contributed by atoms with E-state index in [9.17, 15) is 24.0 Å². The van der Waals surface area contributed by atoms with Gasteiger partial charge in [0.25, 0.3) is 11.8 Å². The fourth-order valence-corrected chi connectivity index (χ4v) is 9.09. The first-order valence-electron chi connectivity index (χ1n) is 19.8. The largest absolute Gasteiger partial charge is 0.381 e. The molecule has 5 amide bonds. The summed E-state index contributed by atoms with van der Waals surface area (Å²) in [4.78, 5) is 83.3. The van der Waals surface area contributed by atoms with Crippen LogP contribution in [0.5, 0.6) is 0 Å². The van der Waals surface area contributed by atoms with Gasteiger partial charge < -0.3 is 34.8 Å². The van der Waals surface area contributed by atoms with Gasteiger partial charge in [0.1, 0.15) is 28.4 Å². The van der Waals surface area contributed by atoms with Crippen molar-refractivity contribution in [3.63, 3.8) is 0 Å². The number of thiazole rings is 1. The molecule has 0 saturated carbocycles. The van der Waals surface area contributed by atoms with Crippen LogP contribution in [0.2, 0.25) is 5.02 Å². The molecule has 60 heavy (non-hydrogen) atoms. The summed E-state index contributed by atoms with van der Waals surface area (Å²) in [5.41, 5.74) is 2.93. The molecule has 316 valence electrons. The van der Waals surface area contributed by atoms with E-state index in [0.717, 1.165) is 21.8 Å². The van der Waals surface area contributed by atoms with Crippen molar-refractivity contribution in [3.8, 4) is 0 Å². The maximum Gasteiger partial charge on any atom is 0.267 e. The predicted molar refractivity (Wildman–Crippen MR) is 229 cm³/mol. The first-order valence-corrected chi connectivity index (χ1v) is 21.9. The number of aryl methyl sites for hydroxylation is 2. The van der Waals surface area contributed by atoms with Gasteiger partial charge >= 0.3 is 0 Å². The quantitative estimate of drug-likeness (QED) is 0.0713. The number of halogens is 1. The minimum absolute atomic E-state index is 0.0479. The predicted octanol–water partition coefficient (Wildman–Crippen LogP) is 5.21. The van der Waals surface area contributed by atoms with Gasteiger partial charge in [-0.15, -0.1) is 11.8 Å². The maximum atomic E-state index is 13.1. The number of piperidine rings is 1. The van der Waals surface area contributed by atoms with Gasteiger partial charge in [-0.1, -0.05) is 41.1 Å². The van der Waals surface area contributed by atoms with Crippen LogP contribution in [0.1, 0.15) is 62.7 Å². The molecular weight excluding hydrogens is 830 g/mol. The standard InChI is InChI=1S/C41H46ClN9O7S2/c1-25-6-3-8-29(42)37(25)48-39(55)32-23-43-41(60-32)46-33-22-34(45-26(2)44-33)49-13-15-50(16-14-49)36(53)12-19-57-17-5-18-58-20-21-59-31-9-4-7-27-28(31)24-51(40(27)56)30-10-11-35(52)47-38(30)54/h3-4,6-9,22-23,30H,5,10-21,24H2,1-2H3,(H,48,55)(H,47,52,54)(H,43,44,45,46). The lowest BCUT2D eigenvalue weighted by Crippen LogP contribution is -2.52. The third-order valence-corrected chi connectivity index (χ3v) is 12.6. The van der Waals surface area contributed by atoms with Crippen molar-refractivity contribution in [2.45, 2.75) is 57.0 Å². The monoisotopic (exact) mass is 875 g/mol. The van der Waals surface area contributed by atoms with Crippen LogP contribution in [0, 0.1) is 13.8 Å². The molecule has 0 aliphatic carbocycles. The van der Waals surface area contributed by atoms with E-state index < -0.39 is 11.9 Å². The molecule has 2 fully saturated rings. The Morgan fingerprint density at radius 1 is 1.00 bits per heavy atom. The van der Waals surface area contributed by atoms with Crippen LogP contribution in [0.4, 0.5) is 22.5 Å². The number of fused-ring (bicyclic) bond motifs is 1. The number of piperazine rings is 1. The Hall–Kier alpha value is -5.14. The summed E-state index contributed by atoms with van der Waals surface area (Å²) in [7, 11) is 0. The Balaban J connectivity index is 0.762. The third-order valence-electron chi connectivity index (χ3n) is 10.3. The molecule has 3 aliphatic rings. The molecule has 0 radical (unpaired) electrons. The second-order valence-corrected chi connectivity index (χ2v) is 17.0. The van der Waals surface area contributed by atoms with E-state index in [4.69, 9.17) is 21.1 Å². The topological polar surface area (TPSA) is 188 Å². The molecule has 1 atom stereocenters. The number of amides is 5. The van der Waals surface area contributed by atoms with E-state index in [0.29, 0.717) is 122 Å². The maximum absolute atomic E-state index is 13.1. The summed E-state index contributed by atoms with van der Waals surface area (Å²) in [5.74, 6) is 1.41. The van der Waals surface area contributed by atoms with Gasteiger partial charge in [-0.25, -0.2) is 15.0 Å². The Morgan fingerprint density at radius 2 is 1.78 bits per heavy atom. The van der Waals surface area contributed by atoms with Gasteiger partial charge in [0.2, 0.25) is 17.7 Å². The Morgan fingerprint density at radius 3 is 2.57 bits per heavy atom. The minimum Gasteiger partial charge on any atom is -0.381 e. The van der Waals surface area contributed by atoms with Crippen LogP contribution < -0.4 is 20.9 Å². The molecule has 3 aliphatic heterocycles. The second kappa shape index (κ2) is 19.9. The fourth-order valence-electron chi connectivity index (χ4n) is 7.16. The van der Waals surface area contributed by atoms with Gasteiger partial charge in [-0.05, 0) is 56.0 Å². The van der Waals surface area contributed by atoms with Crippen molar-refractivity contribution in [2.75, 3.05) is 73.9 Å². The third kappa shape index (κ3) is 10.6. The number of rotatable bonds is 17. The molecule has 2 aromatic carbocycles. The van der Waals surface area contributed by atoms with Crippen LogP contribution >= 0.6 is 34.7 Å². The first kappa shape index (κ1) is 43.0. The number of carbonyl (C=O) groups excluding carboxylic acids is 5. The molecule has 4 aromatic rings. The Labute approximate surface area is 360 Å². The highest BCUT2D eigenvalue weighted by Crippen LogP contribution is 2.34. The zero-order chi connectivity index (χ0) is 42.2. The number of nitrogens with zero attached hydrogens (tertiary/aromatic N) is 6. The molecule has 0 spiro atoms. The number of para-hydroxylation sites is 1. The molecule has 5 heterocycles. The molecule has 3 N–H and O–H groups in total. The molecule has 16 nitrogen and oxygen atoms in total. The van der Waals surface area contributed by atoms with Crippen molar-refractivity contribution in [2.24, 2.45) is 0 Å².